The average molecular weight is 380 g/mol. The Morgan fingerprint density at radius 3 is 2.62 bits per heavy atom. The van der Waals surface area contributed by atoms with Gasteiger partial charge in [0.2, 0.25) is 10.0 Å². The number of aromatic nitrogens is 2. The van der Waals surface area contributed by atoms with Crippen LogP contribution in [0, 0.1) is 0 Å². The Balaban J connectivity index is 1.65. The van der Waals surface area contributed by atoms with Gasteiger partial charge < -0.3 is 0 Å². The van der Waals surface area contributed by atoms with Crippen LogP contribution < -0.4 is 4.72 Å². The number of pyridine rings is 1. The van der Waals surface area contributed by atoms with Crippen molar-refractivity contribution in [2.75, 3.05) is 0 Å². The van der Waals surface area contributed by atoms with Crippen LogP contribution in [-0.4, -0.2) is 18.4 Å². The van der Waals surface area contributed by atoms with E-state index in [1.165, 1.54) is 11.3 Å². The highest BCUT2D eigenvalue weighted by Crippen LogP contribution is 2.21. The molecule has 124 valence electrons. The van der Waals surface area contributed by atoms with E-state index in [9.17, 15) is 8.42 Å². The second-order valence-corrected chi connectivity index (χ2v) is 8.19. The Hall–Kier alpha value is -1.80. The molecule has 0 bridgehead atoms. The number of thiazole rings is 1. The Labute approximate surface area is 149 Å². The van der Waals surface area contributed by atoms with E-state index in [0.717, 1.165) is 11.3 Å². The van der Waals surface area contributed by atoms with Gasteiger partial charge in [0.15, 0.2) is 0 Å². The normalized spacial score (nSPS) is 11.5. The lowest BCUT2D eigenvalue weighted by molar-refractivity contribution is 0.580. The van der Waals surface area contributed by atoms with Gasteiger partial charge in [0, 0.05) is 28.4 Å². The molecule has 8 heteroatoms. The summed E-state index contributed by atoms with van der Waals surface area (Å²) in [5, 5.41) is 3.04. The zero-order valence-corrected chi connectivity index (χ0v) is 14.9. The fourth-order valence-corrected chi connectivity index (χ4v) is 4.33. The van der Waals surface area contributed by atoms with Crippen LogP contribution in [0.1, 0.15) is 10.6 Å². The van der Waals surface area contributed by atoms with Gasteiger partial charge in [0.1, 0.15) is 5.01 Å². The summed E-state index contributed by atoms with van der Waals surface area (Å²) in [6, 6.07) is 10.6. The van der Waals surface area contributed by atoms with Crippen LogP contribution in [0.5, 0.6) is 0 Å². The number of nitrogens with zero attached hydrogens (tertiary/aromatic N) is 2. The monoisotopic (exact) mass is 379 g/mol. The Bertz CT molecular complexity index is 927. The molecule has 3 rings (SSSR count). The lowest BCUT2D eigenvalue weighted by Gasteiger charge is -2.06. The molecule has 0 aliphatic carbocycles. The fraction of sp³-hybridized carbons (Fsp3) is 0.125. The summed E-state index contributed by atoms with van der Waals surface area (Å²) in [7, 11) is -3.49. The lowest BCUT2D eigenvalue weighted by Crippen LogP contribution is -2.24. The topological polar surface area (TPSA) is 72.0 Å². The van der Waals surface area contributed by atoms with Crippen molar-refractivity contribution in [3.8, 4) is 11.3 Å². The number of halogens is 1. The minimum absolute atomic E-state index is 0.155. The average Bonchev–Trinajstić information content (AvgIpc) is 3.05. The third-order valence-corrected chi connectivity index (χ3v) is 5.77. The Morgan fingerprint density at radius 1 is 1.12 bits per heavy atom. The van der Waals surface area contributed by atoms with E-state index < -0.39 is 10.0 Å². The van der Waals surface area contributed by atoms with Crippen molar-refractivity contribution in [1.29, 1.82) is 0 Å². The highest BCUT2D eigenvalue weighted by Gasteiger charge is 2.14. The molecule has 0 atom stereocenters. The third kappa shape index (κ3) is 4.39. The molecular formula is C16H14ClN3O2S2. The minimum atomic E-state index is -3.49. The molecule has 2 heterocycles. The summed E-state index contributed by atoms with van der Waals surface area (Å²) in [4.78, 5) is 8.41. The first-order chi connectivity index (χ1) is 11.5. The van der Waals surface area contributed by atoms with E-state index in [0.29, 0.717) is 15.6 Å². The van der Waals surface area contributed by atoms with Crippen LogP contribution in [0.3, 0.4) is 0 Å². The maximum absolute atomic E-state index is 12.2. The summed E-state index contributed by atoms with van der Waals surface area (Å²) in [5.74, 6) is -0.157. The number of nitrogens with one attached hydrogen (secondary N) is 1. The summed E-state index contributed by atoms with van der Waals surface area (Å²) < 4.78 is 27.0. The van der Waals surface area contributed by atoms with Crippen molar-refractivity contribution in [2.45, 2.75) is 12.3 Å². The van der Waals surface area contributed by atoms with Gasteiger partial charge in [-0.3, -0.25) is 4.98 Å². The van der Waals surface area contributed by atoms with Crippen LogP contribution >= 0.6 is 22.9 Å². The molecule has 24 heavy (non-hydrogen) atoms. The van der Waals surface area contributed by atoms with Crippen molar-refractivity contribution < 1.29 is 8.42 Å². The molecule has 0 aliphatic rings. The van der Waals surface area contributed by atoms with Gasteiger partial charge in [-0.25, -0.2) is 18.1 Å². The number of hydrogen-bond acceptors (Lipinski definition) is 5. The molecule has 0 saturated carbocycles. The number of rotatable bonds is 6. The van der Waals surface area contributed by atoms with E-state index in [1.807, 2.05) is 17.5 Å². The van der Waals surface area contributed by atoms with E-state index in [2.05, 4.69) is 14.7 Å². The maximum Gasteiger partial charge on any atom is 0.216 e. The molecule has 0 radical (unpaired) electrons. The van der Waals surface area contributed by atoms with Gasteiger partial charge in [-0.05, 0) is 23.8 Å². The highest BCUT2D eigenvalue weighted by atomic mass is 35.5. The second kappa shape index (κ2) is 7.40. The molecule has 0 saturated heterocycles. The second-order valence-electron chi connectivity index (χ2n) is 5.03. The molecule has 0 amide bonds. The third-order valence-electron chi connectivity index (χ3n) is 3.27. The van der Waals surface area contributed by atoms with Crippen LogP contribution in [-0.2, 0) is 22.3 Å². The molecule has 0 spiro atoms. The van der Waals surface area contributed by atoms with Crippen LogP contribution in [0.15, 0.2) is 54.2 Å². The van der Waals surface area contributed by atoms with Gasteiger partial charge >= 0.3 is 0 Å². The Kier molecular flexibility index (Phi) is 5.25. The lowest BCUT2D eigenvalue weighted by atomic mass is 10.2. The minimum Gasteiger partial charge on any atom is -0.265 e. The fourth-order valence-electron chi connectivity index (χ4n) is 2.09. The SMILES string of the molecule is O=S(=O)(Cc1ccccc1Cl)NCc1nc(-c2ccncc2)cs1. The van der Waals surface area contributed by atoms with Crippen molar-refractivity contribution in [3.05, 3.63) is 69.8 Å². The zero-order valence-electron chi connectivity index (χ0n) is 12.5. The summed E-state index contributed by atoms with van der Waals surface area (Å²) in [5.41, 5.74) is 2.33. The van der Waals surface area contributed by atoms with E-state index in [1.54, 1.807) is 36.7 Å². The smallest absolute Gasteiger partial charge is 0.216 e. The molecule has 3 aromatic rings. The van der Waals surface area contributed by atoms with Crippen LogP contribution in [0.2, 0.25) is 5.02 Å². The first-order valence-corrected chi connectivity index (χ1v) is 10.00. The van der Waals surface area contributed by atoms with Crippen molar-refractivity contribution in [3.63, 3.8) is 0 Å². The van der Waals surface area contributed by atoms with E-state index >= 15 is 0 Å². The predicted molar refractivity (Wildman–Crippen MR) is 96.3 cm³/mol. The van der Waals surface area contributed by atoms with Crippen molar-refractivity contribution >= 4 is 33.0 Å². The largest absolute Gasteiger partial charge is 0.265 e. The van der Waals surface area contributed by atoms with Gasteiger partial charge in [-0.2, -0.15) is 0 Å². The molecule has 5 nitrogen and oxygen atoms in total. The number of hydrogen-bond donors (Lipinski definition) is 1. The van der Waals surface area contributed by atoms with Crippen LogP contribution in [0.4, 0.5) is 0 Å². The summed E-state index contributed by atoms with van der Waals surface area (Å²) in [6.07, 6.45) is 3.39. The molecule has 0 fully saturated rings. The van der Waals surface area contributed by atoms with Gasteiger partial charge in [0.05, 0.1) is 18.0 Å². The first-order valence-electron chi connectivity index (χ1n) is 7.09. The van der Waals surface area contributed by atoms with E-state index in [-0.39, 0.29) is 12.3 Å². The predicted octanol–water partition coefficient (Wildman–Crippen LogP) is 3.48. The summed E-state index contributed by atoms with van der Waals surface area (Å²) >= 11 is 7.42. The van der Waals surface area contributed by atoms with Gasteiger partial charge in [0.25, 0.3) is 0 Å². The van der Waals surface area contributed by atoms with Gasteiger partial charge in [-0.15, -0.1) is 11.3 Å². The molecule has 0 aliphatic heterocycles. The molecule has 0 unspecified atom stereocenters. The molecule has 1 aromatic carbocycles. The molecular weight excluding hydrogens is 366 g/mol. The van der Waals surface area contributed by atoms with E-state index in [4.69, 9.17) is 11.6 Å². The Morgan fingerprint density at radius 2 is 1.88 bits per heavy atom. The standard InChI is InChI=1S/C16H14ClN3O2S2/c17-14-4-2-1-3-13(14)11-24(21,22)19-9-16-20-15(10-23-16)12-5-7-18-8-6-12/h1-8,10,19H,9,11H2. The molecule has 2 aromatic heterocycles. The van der Waals surface area contributed by atoms with Crippen LogP contribution in [0.25, 0.3) is 11.3 Å². The quantitative estimate of drug-likeness (QED) is 0.711. The maximum atomic E-state index is 12.2. The number of sulfonamides is 1. The molecule has 1 N–H and O–H groups in total. The first kappa shape index (κ1) is 17.0. The van der Waals surface area contributed by atoms with Crippen molar-refractivity contribution in [1.82, 2.24) is 14.7 Å². The van der Waals surface area contributed by atoms with Crippen molar-refractivity contribution in [2.24, 2.45) is 0 Å². The number of benzene rings is 1. The van der Waals surface area contributed by atoms with Gasteiger partial charge in [-0.1, -0.05) is 29.8 Å². The zero-order chi connectivity index (χ0) is 17.0. The highest BCUT2D eigenvalue weighted by molar-refractivity contribution is 7.88. The summed E-state index contributed by atoms with van der Waals surface area (Å²) in [6.45, 7) is 0.155.